The van der Waals surface area contributed by atoms with Gasteiger partial charge >= 0.3 is 0 Å². The van der Waals surface area contributed by atoms with Crippen LogP contribution < -0.4 is 16.0 Å². The molecule has 2 aliphatic rings. The van der Waals surface area contributed by atoms with Crippen LogP contribution in [0.4, 0.5) is 5.82 Å². The number of pyridine rings is 1. The topological polar surface area (TPSA) is 105 Å². The number of benzene rings is 1. The molecule has 7 heteroatoms. The number of carbonyl (C=O) groups is 3. The molecule has 2 fully saturated rings. The minimum atomic E-state index is -0.485. The maximum Gasteiger partial charge on any atom is 0.251 e. The average Bonchev–Trinajstić information content (AvgIpc) is 2.99. The number of fused-ring (bicyclic) bond motifs is 2. The highest BCUT2D eigenvalue weighted by Gasteiger charge is 2.41. The van der Waals surface area contributed by atoms with Gasteiger partial charge in [-0.15, -0.1) is 0 Å². The maximum absolute atomic E-state index is 13.0. The van der Waals surface area contributed by atoms with Crippen LogP contribution in [0.2, 0.25) is 0 Å². The van der Waals surface area contributed by atoms with Crippen molar-refractivity contribution in [1.82, 2.24) is 10.3 Å². The highest BCUT2D eigenvalue weighted by atomic mass is 16.2. The first-order valence-electron chi connectivity index (χ1n) is 10.7. The van der Waals surface area contributed by atoms with Crippen molar-refractivity contribution in [3.8, 4) is 0 Å². The van der Waals surface area contributed by atoms with Crippen LogP contribution in [0.25, 0.3) is 0 Å². The van der Waals surface area contributed by atoms with Gasteiger partial charge in [-0.25, -0.2) is 4.98 Å². The Kier molecular flexibility index (Phi) is 5.52. The Morgan fingerprint density at radius 3 is 2.19 bits per heavy atom. The summed E-state index contributed by atoms with van der Waals surface area (Å²) in [6.45, 7) is 5.15. The number of ketones is 1. The molecule has 2 aliphatic heterocycles. The standard InChI is InChI=1S/C24H28N4O3/c1-13-9-21(14(2)8-20(13)23(25)30)24(31)27-17-10-18-5-6-19(11-17)28(18)22-7-4-16(12-26-22)15(3)29/h4,7-9,12,17-19H,5-6,10-11H2,1-3H3,(H2,25,30)(H,27,31)/t17?,18-,19+. The van der Waals surface area contributed by atoms with Crippen LogP contribution >= 0.6 is 0 Å². The number of hydrogen-bond acceptors (Lipinski definition) is 5. The van der Waals surface area contributed by atoms with Gasteiger partial charge in [-0.2, -0.15) is 0 Å². The second kappa shape index (κ2) is 8.13. The maximum atomic E-state index is 13.0. The monoisotopic (exact) mass is 420 g/mol. The third-order valence-corrected chi connectivity index (χ3v) is 6.57. The third kappa shape index (κ3) is 4.04. The Balaban J connectivity index is 1.46. The van der Waals surface area contributed by atoms with Gasteiger partial charge in [0.1, 0.15) is 5.82 Å². The number of Topliss-reactive ketones (excluding diaryl/α,β-unsaturated/α-hetero) is 1. The molecule has 31 heavy (non-hydrogen) atoms. The van der Waals surface area contributed by atoms with E-state index >= 15 is 0 Å². The lowest BCUT2D eigenvalue weighted by Gasteiger charge is -2.40. The molecule has 7 nitrogen and oxygen atoms in total. The lowest BCUT2D eigenvalue weighted by atomic mass is 9.95. The summed E-state index contributed by atoms with van der Waals surface area (Å²) in [5.41, 5.74) is 8.51. The number of anilines is 1. The lowest BCUT2D eigenvalue weighted by molar-refractivity contribution is 0.0923. The molecule has 2 aromatic rings. The fourth-order valence-electron chi connectivity index (χ4n) is 5.01. The van der Waals surface area contributed by atoms with Crippen molar-refractivity contribution in [2.24, 2.45) is 5.73 Å². The smallest absolute Gasteiger partial charge is 0.251 e. The van der Waals surface area contributed by atoms with Crippen molar-refractivity contribution >= 4 is 23.4 Å². The Morgan fingerprint density at radius 1 is 1.03 bits per heavy atom. The molecular weight excluding hydrogens is 392 g/mol. The lowest BCUT2D eigenvalue weighted by Crippen LogP contribution is -2.50. The average molecular weight is 421 g/mol. The molecule has 2 amide bonds. The molecule has 2 saturated heterocycles. The summed E-state index contributed by atoms with van der Waals surface area (Å²) in [5, 5.41) is 3.20. The number of nitrogens with two attached hydrogens (primary N) is 1. The van der Waals surface area contributed by atoms with E-state index in [1.54, 1.807) is 32.2 Å². The molecule has 162 valence electrons. The van der Waals surface area contributed by atoms with Gasteiger partial charge in [0.05, 0.1) is 0 Å². The Hall–Kier alpha value is -3.22. The summed E-state index contributed by atoms with van der Waals surface area (Å²) < 4.78 is 0. The largest absolute Gasteiger partial charge is 0.366 e. The summed E-state index contributed by atoms with van der Waals surface area (Å²) in [6.07, 6.45) is 5.49. The molecule has 0 saturated carbocycles. The molecule has 2 bridgehead atoms. The number of rotatable bonds is 5. The van der Waals surface area contributed by atoms with Crippen LogP contribution in [0.15, 0.2) is 30.5 Å². The van der Waals surface area contributed by atoms with Crippen LogP contribution in [0.5, 0.6) is 0 Å². The molecule has 0 spiro atoms. The Labute approximate surface area is 182 Å². The second-order valence-electron chi connectivity index (χ2n) is 8.74. The second-order valence-corrected chi connectivity index (χ2v) is 8.74. The van der Waals surface area contributed by atoms with E-state index in [1.165, 1.54) is 0 Å². The minimum absolute atomic E-state index is 0.0119. The Morgan fingerprint density at radius 2 is 1.65 bits per heavy atom. The van der Waals surface area contributed by atoms with Crippen molar-refractivity contribution in [3.05, 3.63) is 58.3 Å². The summed E-state index contributed by atoms with van der Waals surface area (Å²) in [6, 6.07) is 7.92. The van der Waals surface area contributed by atoms with Crippen LogP contribution in [0, 0.1) is 13.8 Å². The zero-order valence-corrected chi connectivity index (χ0v) is 18.1. The fourth-order valence-corrected chi connectivity index (χ4v) is 5.01. The van der Waals surface area contributed by atoms with Gasteiger partial charge in [0.25, 0.3) is 5.91 Å². The fraction of sp³-hybridized carbons (Fsp3) is 0.417. The van der Waals surface area contributed by atoms with Gasteiger partial charge in [0.15, 0.2) is 5.78 Å². The predicted octanol–water partition coefficient (Wildman–Crippen LogP) is 2.93. The number of piperidine rings is 1. The number of amides is 2. The van der Waals surface area contributed by atoms with Crippen LogP contribution in [-0.2, 0) is 0 Å². The van der Waals surface area contributed by atoms with E-state index in [-0.39, 0.29) is 17.7 Å². The van der Waals surface area contributed by atoms with Gasteiger partial charge in [-0.05, 0) is 81.8 Å². The minimum Gasteiger partial charge on any atom is -0.366 e. The van der Waals surface area contributed by atoms with Crippen molar-refractivity contribution in [2.75, 3.05) is 4.90 Å². The van der Waals surface area contributed by atoms with Crippen LogP contribution in [0.1, 0.15) is 74.8 Å². The number of primary amides is 1. The van der Waals surface area contributed by atoms with Crippen molar-refractivity contribution < 1.29 is 14.4 Å². The van der Waals surface area contributed by atoms with Gasteiger partial charge in [0.2, 0.25) is 5.91 Å². The number of nitrogens with one attached hydrogen (secondary N) is 1. The molecule has 3 atom stereocenters. The first kappa shape index (κ1) is 21.0. The van der Waals surface area contributed by atoms with Crippen molar-refractivity contribution in [3.63, 3.8) is 0 Å². The summed E-state index contributed by atoms with van der Waals surface area (Å²) in [7, 11) is 0. The number of aryl methyl sites for hydroxylation is 2. The zero-order valence-electron chi connectivity index (χ0n) is 18.1. The highest BCUT2D eigenvalue weighted by molar-refractivity contribution is 5.99. The molecule has 1 unspecified atom stereocenters. The molecule has 0 radical (unpaired) electrons. The van der Waals surface area contributed by atoms with E-state index in [4.69, 9.17) is 5.73 Å². The molecule has 1 aromatic carbocycles. The van der Waals surface area contributed by atoms with Gasteiger partial charge < -0.3 is 16.0 Å². The zero-order chi connectivity index (χ0) is 22.3. The van der Waals surface area contributed by atoms with Gasteiger partial charge in [-0.3, -0.25) is 14.4 Å². The van der Waals surface area contributed by atoms with E-state index in [2.05, 4.69) is 15.2 Å². The molecule has 0 aliphatic carbocycles. The summed E-state index contributed by atoms with van der Waals surface area (Å²) in [5.74, 6) is 0.313. The van der Waals surface area contributed by atoms with E-state index in [0.717, 1.165) is 37.1 Å². The van der Waals surface area contributed by atoms with Crippen LogP contribution in [-0.4, -0.2) is 40.7 Å². The first-order chi connectivity index (χ1) is 14.7. The molecule has 4 rings (SSSR count). The predicted molar refractivity (Wildman–Crippen MR) is 118 cm³/mol. The van der Waals surface area contributed by atoms with Crippen LogP contribution in [0.3, 0.4) is 0 Å². The van der Waals surface area contributed by atoms with E-state index < -0.39 is 5.91 Å². The summed E-state index contributed by atoms with van der Waals surface area (Å²) in [4.78, 5) is 42.9. The van der Waals surface area contributed by atoms with Crippen molar-refractivity contribution in [1.29, 1.82) is 0 Å². The normalized spacial score (nSPS) is 22.3. The number of aromatic nitrogens is 1. The van der Waals surface area contributed by atoms with E-state index in [1.807, 2.05) is 19.1 Å². The van der Waals surface area contributed by atoms with E-state index in [0.29, 0.717) is 34.3 Å². The third-order valence-electron chi connectivity index (χ3n) is 6.57. The molecule has 1 aromatic heterocycles. The van der Waals surface area contributed by atoms with Crippen molar-refractivity contribution in [2.45, 2.75) is 64.6 Å². The SMILES string of the molecule is CC(=O)c1ccc(N2[C@@H]3CC[C@H]2CC(NC(=O)c2cc(C)c(C(N)=O)cc2C)C3)nc1. The molecule has 3 heterocycles. The van der Waals surface area contributed by atoms with Gasteiger partial charge in [-0.1, -0.05) is 0 Å². The Bertz CT molecular complexity index is 1030. The number of nitrogens with zero attached hydrogens (tertiary/aromatic N) is 2. The number of hydrogen-bond donors (Lipinski definition) is 2. The number of carbonyl (C=O) groups excluding carboxylic acids is 3. The first-order valence-corrected chi connectivity index (χ1v) is 10.7. The van der Waals surface area contributed by atoms with Gasteiger partial charge in [0, 0.05) is 41.0 Å². The van der Waals surface area contributed by atoms with E-state index in [9.17, 15) is 14.4 Å². The molecule has 3 N–H and O–H groups in total. The highest BCUT2D eigenvalue weighted by Crippen LogP contribution is 2.38. The molecular formula is C24H28N4O3. The quantitative estimate of drug-likeness (QED) is 0.724. The summed E-state index contributed by atoms with van der Waals surface area (Å²) >= 11 is 0.